The summed E-state index contributed by atoms with van der Waals surface area (Å²) in [6, 6.07) is 20.3. The molecule has 6 aromatic rings. The number of hydrogen-bond acceptors (Lipinski definition) is 9. The topological polar surface area (TPSA) is 158 Å². The zero-order valence-electron chi connectivity index (χ0n) is 24.1. The summed E-state index contributed by atoms with van der Waals surface area (Å²) in [5.41, 5.74) is 4.41. The molecule has 0 unspecified atom stereocenters. The lowest BCUT2D eigenvalue weighted by atomic mass is 10.0. The van der Waals surface area contributed by atoms with Gasteiger partial charge in [-0.15, -0.1) is 0 Å². The highest BCUT2D eigenvalue weighted by atomic mass is 32.1. The van der Waals surface area contributed by atoms with Gasteiger partial charge in [-0.1, -0.05) is 53.8 Å². The van der Waals surface area contributed by atoms with Crippen molar-refractivity contribution in [2.75, 3.05) is 17.7 Å². The van der Waals surface area contributed by atoms with E-state index in [0.29, 0.717) is 27.3 Å². The van der Waals surface area contributed by atoms with Gasteiger partial charge in [-0.05, 0) is 54.6 Å². The number of pyridine rings is 1. The van der Waals surface area contributed by atoms with Crippen LogP contribution in [0.3, 0.4) is 0 Å². The fourth-order valence-corrected chi connectivity index (χ4v) is 6.05. The number of anilines is 2. The third-order valence-electron chi connectivity index (χ3n) is 7.33. The molecule has 3 aromatic carbocycles. The van der Waals surface area contributed by atoms with Crippen molar-refractivity contribution < 1.29 is 9.90 Å². The van der Waals surface area contributed by atoms with Crippen LogP contribution in [0.4, 0.5) is 15.7 Å². The maximum absolute atomic E-state index is 13.9. The minimum atomic E-state index is -0.381. The van der Waals surface area contributed by atoms with E-state index in [-0.39, 0.29) is 41.1 Å². The molecular formula is C32H28N8O3S. The van der Waals surface area contributed by atoms with Crippen molar-refractivity contribution in [1.82, 2.24) is 24.8 Å². The number of nitrogens with zero attached hydrogens (tertiary/aromatic N) is 4. The standard InChI is InChI=1S/C32H28N8O3S/c1-17-7-4-5-10-23(17)40-21(13-19-9-6-8-18(2)25(19)30(40)42)15-35-28-26(29(41)37-16-36-28)27(33)20-11-12-22-24(14-20)44-32(38-22)39-31(43)34-3/h4-14,16,33H,15H2,1-3H3,(H2,34,38,39,43)(H2,35,36,37,41). The molecule has 0 saturated heterocycles. The largest absolute Gasteiger partial charge is 0.493 e. The number of para-hydroxylation sites is 1. The van der Waals surface area contributed by atoms with E-state index >= 15 is 0 Å². The Morgan fingerprint density at radius 3 is 2.61 bits per heavy atom. The van der Waals surface area contributed by atoms with Crippen LogP contribution >= 0.6 is 11.3 Å². The van der Waals surface area contributed by atoms with Crippen LogP contribution in [0, 0.1) is 19.3 Å². The molecule has 6 rings (SSSR count). The molecule has 0 aliphatic carbocycles. The molecule has 0 spiro atoms. The van der Waals surface area contributed by atoms with E-state index in [9.17, 15) is 14.7 Å². The first-order valence-corrected chi connectivity index (χ1v) is 14.5. The number of fused-ring (bicyclic) bond motifs is 2. The van der Waals surface area contributed by atoms with E-state index in [1.54, 1.807) is 22.8 Å². The zero-order chi connectivity index (χ0) is 31.0. The van der Waals surface area contributed by atoms with E-state index in [1.807, 2.05) is 62.4 Å². The quantitative estimate of drug-likeness (QED) is 0.151. The summed E-state index contributed by atoms with van der Waals surface area (Å²) in [5, 5.41) is 30.1. The highest BCUT2D eigenvalue weighted by molar-refractivity contribution is 7.22. The second-order valence-electron chi connectivity index (χ2n) is 10.2. The maximum Gasteiger partial charge on any atom is 0.320 e. The van der Waals surface area contributed by atoms with Gasteiger partial charge in [0.2, 0.25) is 5.88 Å². The average molecular weight is 605 g/mol. The Labute approximate surface area is 255 Å². The molecule has 0 aliphatic heterocycles. The second kappa shape index (κ2) is 11.6. The molecule has 0 bridgehead atoms. The van der Waals surface area contributed by atoms with Crippen LogP contribution in [0.2, 0.25) is 0 Å². The van der Waals surface area contributed by atoms with Gasteiger partial charge in [0.1, 0.15) is 17.7 Å². The summed E-state index contributed by atoms with van der Waals surface area (Å²) < 4.78 is 2.45. The molecule has 11 nitrogen and oxygen atoms in total. The van der Waals surface area contributed by atoms with Crippen LogP contribution in [-0.4, -0.2) is 43.4 Å². The molecule has 3 heterocycles. The molecule has 44 heavy (non-hydrogen) atoms. The monoisotopic (exact) mass is 604 g/mol. The number of nitrogens with one attached hydrogen (secondary N) is 4. The molecule has 12 heteroatoms. The number of carbonyl (C=O) groups is 1. The molecule has 0 atom stereocenters. The zero-order valence-corrected chi connectivity index (χ0v) is 24.9. The Morgan fingerprint density at radius 2 is 1.82 bits per heavy atom. The minimum Gasteiger partial charge on any atom is -0.493 e. The summed E-state index contributed by atoms with van der Waals surface area (Å²) >= 11 is 1.27. The minimum absolute atomic E-state index is 0.00728. The van der Waals surface area contributed by atoms with E-state index in [1.165, 1.54) is 24.7 Å². The number of carbonyl (C=O) groups excluding carboxylic acids is 1. The number of thiazole rings is 1. The highest BCUT2D eigenvalue weighted by Crippen LogP contribution is 2.30. The number of aryl methyl sites for hydroxylation is 2. The fourth-order valence-electron chi connectivity index (χ4n) is 5.15. The predicted octanol–water partition coefficient (Wildman–Crippen LogP) is 5.49. The van der Waals surface area contributed by atoms with E-state index in [4.69, 9.17) is 5.41 Å². The number of hydrogen-bond donors (Lipinski definition) is 5. The number of aromatic hydroxyl groups is 1. The second-order valence-corrected chi connectivity index (χ2v) is 11.2. The van der Waals surface area contributed by atoms with Crippen molar-refractivity contribution in [3.8, 4) is 11.6 Å². The first-order chi connectivity index (χ1) is 21.2. The lowest BCUT2D eigenvalue weighted by Crippen LogP contribution is -2.25. The Bertz CT molecular complexity index is 2150. The van der Waals surface area contributed by atoms with Gasteiger partial charge in [0.15, 0.2) is 5.13 Å². The van der Waals surface area contributed by atoms with E-state index in [2.05, 4.69) is 30.9 Å². The lowest BCUT2D eigenvalue weighted by molar-refractivity contribution is 0.254. The molecule has 0 saturated carbocycles. The molecule has 0 fully saturated rings. The van der Waals surface area contributed by atoms with Gasteiger partial charge in [-0.2, -0.15) is 0 Å². The first kappa shape index (κ1) is 28.5. The van der Waals surface area contributed by atoms with Crippen molar-refractivity contribution >= 4 is 55.0 Å². The lowest BCUT2D eigenvalue weighted by Gasteiger charge is -2.19. The number of urea groups is 1. The highest BCUT2D eigenvalue weighted by Gasteiger charge is 2.20. The number of benzene rings is 3. The van der Waals surface area contributed by atoms with Crippen LogP contribution < -0.4 is 21.5 Å². The molecule has 220 valence electrons. The third-order valence-corrected chi connectivity index (χ3v) is 8.26. The molecule has 0 aliphatic rings. The summed E-state index contributed by atoms with van der Waals surface area (Å²) in [6.07, 6.45) is 1.22. The van der Waals surface area contributed by atoms with Gasteiger partial charge < -0.3 is 15.7 Å². The van der Waals surface area contributed by atoms with E-state index in [0.717, 1.165) is 26.9 Å². The molecular weight excluding hydrogens is 576 g/mol. The molecule has 3 aromatic heterocycles. The normalized spacial score (nSPS) is 11.1. The van der Waals surface area contributed by atoms with Crippen molar-refractivity contribution in [3.05, 3.63) is 111 Å². The van der Waals surface area contributed by atoms with Gasteiger partial charge in [0, 0.05) is 18.3 Å². The molecule has 0 radical (unpaired) electrons. The summed E-state index contributed by atoms with van der Waals surface area (Å²) in [5.74, 6) is -0.119. The summed E-state index contributed by atoms with van der Waals surface area (Å²) in [7, 11) is 1.52. The number of amides is 2. The molecule has 2 amide bonds. The smallest absolute Gasteiger partial charge is 0.320 e. The van der Waals surface area contributed by atoms with Gasteiger partial charge in [-0.3, -0.25) is 20.1 Å². The van der Waals surface area contributed by atoms with Crippen LogP contribution in [0.5, 0.6) is 5.88 Å². The molecule has 5 N–H and O–H groups in total. The summed E-state index contributed by atoms with van der Waals surface area (Å²) in [4.78, 5) is 38.4. The van der Waals surface area contributed by atoms with Crippen LogP contribution in [0.15, 0.2) is 77.9 Å². The SMILES string of the molecule is CNC(=O)Nc1nc2ccc(C(=N)c3c(O)ncnc3NCc3cc4cccc(C)c4c(=O)n3-c3ccccc3C)cc2s1. The maximum atomic E-state index is 13.9. The van der Waals surface area contributed by atoms with Gasteiger partial charge in [0.25, 0.3) is 5.56 Å². The predicted molar refractivity (Wildman–Crippen MR) is 174 cm³/mol. The average Bonchev–Trinajstić information content (AvgIpc) is 3.41. The Balaban J connectivity index is 1.38. The number of aromatic nitrogens is 4. The van der Waals surface area contributed by atoms with Gasteiger partial charge >= 0.3 is 6.03 Å². The van der Waals surface area contributed by atoms with Gasteiger partial charge in [0.05, 0.1) is 33.5 Å². The van der Waals surface area contributed by atoms with Crippen molar-refractivity contribution in [3.63, 3.8) is 0 Å². The van der Waals surface area contributed by atoms with Crippen LogP contribution in [0.1, 0.15) is 27.9 Å². The van der Waals surface area contributed by atoms with Gasteiger partial charge in [-0.25, -0.2) is 19.7 Å². The van der Waals surface area contributed by atoms with Crippen molar-refractivity contribution in [2.24, 2.45) is 0 Å². The Hall–Kier alpha value is -5.62. The van der Waals surface area contributed by atoms with Crippen molar-refractivity contribution in [2.45, 2.75) is 20.4 Å². The van der Waals surface area contributed by atoms with Crippen LogP contribution in [-0.2, 0) is 6.54 Å². The Morgan fingerprint density at radius 1 is 1.02 bits per heavy atom. The van der Waals surface area contributed by atoms with Crippen molar-refractivity contribution in [1.29, 1.82) is 5.41 Å². The first-order valence-electron chi connectivity index (χ1n) is 13.7. The van der Waals surface area contributed by atoms with Crippen LogP contribution in [0.25, 0.3) is 26.7 Å². The summed E-state index contributed by atoms with van der Waals surface area (Å²) in [6.45, 7) is 4.06. The number of rotatable bonds is 7. The fraction of sp³-hybridized carbons (Fsp3) is 0.125. The van der Waals surface area contributed by atoms with E-state index < -0.39 is 0 Å². The third kappa shape index (κ3) is 5.22. The Kier molecular flexibility index (Phi) is 7.50.